The molecule has 0 aliphatic heterocycles. The first-order valence-corrected chi connectivity index (χ1v) is 6.65. The van der Waals surface area contributed by atoms with Crippen molar-refractivity contribution in [2.45, 2.75) is 24.3 Å². The number of benzene rings is 1. The molecule has 1 unspecified atom stereocenters. The first-order chi connectivity index (χ1) is 7.64. The van der Waals surface area contributed by atoms with Crippen LogP contribution in [0.2, 0.25) is 0 Å². The van der Waals surface area contributed by atoms with Crippen molar-refractivity contribution in [3.8, 4) is 0 Å². The molecule has 0 aromatic heterocycles. The highest BCUT2D eigenvalue weighted by Crippen LogP contribution is 2.24. The fourth-order valence-electron chi connectivity index (χ4n) is 1.46. The highest BCUT2D eigenvalue weighted by atomic mass is 32.2. The zero-order chi connectivity index (χ0) is 13.4. The van der Waals surface area contributed by atoms with Crippen molar-refractivity contribution in [2.75, 3.05) is 6.26 Å². The van der Waals surface area contributed by atoms with Crippen LogP contribution in [0, 0.1) is 17.5 Å². The maximum atomic E-state index is 13.5. The monoisotopic (exact) mass is 267 g/mol. The lowest BCUT2D eigenvalue weighted by molar-refractivity contribution is 0.449. The van der Waals surface area contributed by atoms with E-state index in [0.29, 0.717) is 12.3 Å². The summed E-state index contributed by atoms with van der Waals surface area (Å²) >= 11 is 0. The molecule has 0 saturated heterocycles. The molecule has 1 rings (SSSR count). The quantitative estimate of drug-likeness (QED) is 0.842. The molecule has 0 heterocycles. The summed E-state index contributed by atoms with van der Waals surface area (Å²) in [5.74, 6) is -4.37. The molecule has 0 aliphatic carbocycles. The Kier molecular flexibility index (Phi) is 3.83. The molecular weight excluding hydrogens is 255 g/mol. The number of nitrogens with two attached hydrogens (primary N) is 1. The van der Waals surface area contributed by atoms with Crippen molar-refractivity contribution < 1.29 is 21.6 Å². The van der Waals surface area contributed by atoms with E-state index >= 15 is 0 Å². The maximum Gasteiger partial charge on any atom is 0.181 e. The zero-order valence-electron chi connectivity index (χ0n) is 9.30. The minimum Gasteiger partial charge on any atom is -0.328 e. The Morgan fingerprint density at radius 2 is 1.82 bits per heavy atom. The second-order valence-corrected chi connectivity index (χ2v) is 5.88. The predicted octanol–water partition coefficient (Wildman–Crippen LogP) is 1.40. The van der Waals surface area contributed by atoms with E-state index < -0.39 is 38.2 Å². The van der Waals surface area contributed by atoms with Crippen molar-refractivity contribution in [1.82, 2.24) is 0 Å². The van der Waals surface area contributed by atoms with E-state index in [1.807, 2.05) is 0 Å². The first kappa shape index (κ1) is 14.0. The first-order valence-electron chi connectivity index (χ1n) is 4.76. The summed E-state index contributed by atoms with van der Waals surface area (Å²) in [5, 5.41) is 0. The summed E-state index contributed by atoms with van der Waals surface area (Å²) in [6.07, 6.45) is 0.531. The number of halogens is 3. The third-order valence-electron chi connectivity index (χ3n) is 2.10. The number of rotatable bonds is 3. The van der Waals surface area contributed by atoms with Gasteiger partial charge in [-0.2, -0.15) is 0 Å². The lowest BCUT2D eigenvalue weighted by Gasteiger charge is -2.10. The summed E-state index contributed by atoms with van der Waals surface area (Å²) in [5.41, 5.74) is 5.11. The van der Waals surface area contributed by atoms with Gasteiger partial charge in [-0.25, -0.2) is 21.6 Å². The lowest BCUT2D eigenvalue weighted by atomic mass is 10.1. The van der Waals surface area contributed by atoms with Gasteiger partial charge in [0.15, 0.2) is 21.5 Å². The molecule has 0 fully saturated rings. The predicted molar refractivity (Wildman–Crippen MR) is 56.8 cm³/mol. The Balaban J connectivity index is 3.48. The van der Waals surface area contributed by atoms with Crippen molar-refractivity contribution in [3.05, 3.63) is 29.1 Å². The second-order valence-electron chi connectivity index (χ2n) is 3.93. The van der Waals surface area contributed by atoms with Crippen LogP contribution in [0.25, 0.3) is 0 Å². The van der Waals surface area contributed by atoms with Crippen molar-refractivity contribution in [2.24, 2.45) is 5.73 Å². The largest absolute Gasteiger partial charge is 0.328 e. The second kappa shape index (κ2) is 4.66. The summed E-state index contributed by atoms with van der Waals surface area (Å²) in [4.78, 5) is -1.25. The van der Waals surface area contributed by atoms with Crippen molar-refractivity contribution in [1.29, 1.82) is 0 Å². The average Bonchev–Trinajstić information content (AvgIpc) is 2.10. The van der Waals surface area contributed by atoms with E-state index in [0.717, 1.165) is 0 Å². The molecule has 1 atom stereocenters. The van der Waals surface area contributed by atoms with Crippen LogP contribution in [0.5, 0.6) is 0 Å². The van der Waals surface area contributed by atoms with Crippen LogP contribution in [0.1, 0.15) is 12.5 Å². The Bertz CT molecular complexity index is 541. The highest BCUT2D eigenvalue weighted by Gasteiger charge is 2.25. The Morgan fingerprint density at radius 1 is 1.29 bits per heavy atom. The van der Waals surface area contributed by atoms with Crippen LogP contribution in [-0.4, -0.2) is 20.7 Å². The van der Waals surface area contributed by atoms with Gasteiger partial charge in [-0.3, -0.25) is 0 Å². The number of hydrogen-bond acceptors (Lipinski definition) is 3. The molecule has 0 bridgehead atoms. The molecule has 0 radical (unpaired) electrons. The van der Waals surface area contributed by atoms with Crippen molar-refractivity contribution in [3.63, 3.8) is 0 Å². The standard InChI is InChI=1S/C10H12F3NO2S/c1-5(14)3-6-4-7(11)10(17(2,15)16)9(13)8(6)12/h4-5H,3,14H2,1-2H3. The highest BCUT2D eigenvalue weighted by molar-refractivity contribution is 7.90. The van der Waals surface area contributed by atoms with E-state index in [9.17, 15) is 21.6 Å². The molecule has 0 spiro atoms. The molecule has 7 heteroatoms. The minimum atomic E-state index is -4.15. The summed E-state index contributed by atoms with van der Waals surface area (Å²) in [7, 11) is -4.15. The molecule has 17 heavy (non-hydrogen) atoms. The topological polar surface area (TPSA) is 60.2 Å². The van der Waals surface area contributed by atoms with E-state index in [2.05, 4.69) is 0 Å². The molecular formula is C10H12F3NO2S. The van der Waals surface area contributed by atoms with Crippen molar-refractivity contribution >= 4 is 9.84 Å². The van der Waals surface area contributed by atoms with Gasteiger partial charge in [0.05, 0.1) is 0 Å². The third-order valence-corrected chi connectivity index (χ3v) is 3.22. The van der Waals surface area contributed by atoms with Gasteiger partial charge < -0.3 is 5.73 Å². The maximum absolute atomic E-state index is 13.5. The van der Waals surface area contributed by atoms with Crippen LogP contribution < -0.4 is 5.73 Å². The zero-order valence-corrected chi connectivity index (χ0v) is 10.1. The lowest BCUT2D eigenvalue weighted by Crippen LogP contribution is -2.20. The molecule has 0 saturated carbocycles. The fraction of sp³-hybridized carbons (Fsp3) is 0.400. The average molecular weight is 267 g/mol. The van der Waals surface area contributed by atoms with Gasteiger partial charge in [0.25, 0.3) is 0 Å². The Labute approximate surface area is 97.4 Å². The van der Waals surface area contributed by atoms with Gasteiger partial charge in [-0.05, 0) is 25.0 Å². The molecule has 1 aromatic rings. The van der Waals surface area contributed by atoms with E-state index in [-0.39, 0.29) is 12.0 Å². The normalized spacial score (nSPS) is 13.8. The summed E-state index contributed by atoms with van der Waals surface area (Å²) in [6, 6.07) is 0.172. The van der Waals surface area contributed by atoms with Crippen LogP contribution in [-0.2, 0) is 16.3 Å². The van der Waals surface area contributed by atoms with Crippen LogP contribution >= 0.6 is 0 Å². The van der Waals surface area contributed by atoms with Gasteiger partial charge in [0, 0.05) is 12.3 Å². The summed E-state index contributed by atoms with van der Waals surface area (Å²) < 4.78 is 62.5. The van der Waals surface area contributed by atoms with Gasteiger partial charge >= 0.3 is 0 Å². The minimum absolute atomic E-state index is 0.0796. The van der Waals surface area contributed by atoms with Gasteiger partial charge in [-0.1, -0.05) is 0 Å². The molecule has 2 N–H and O–H groups in total. The number of hydrogen-bond donors (Lipinski definition) is 1. The van der Waals surface area contributed by atoms with Gasteiger partial charge in [-0.15, -0.1) is 0 Å². The Morgan fingerprint density at radius 3 is 2.24 bits per heavy atom. The van der Waals surface area contributed by atoms with Crippen LogP contribution in [0.3, 0.4) is 0 Å². The summed E-state index contributed by atoms with van der Waals surface area (Å²) in [6.45, 7) is 1.54. The molecule has 0 aliphatic rings. The number of sulfone groups is 1. The SMILES string of the molecule is CC(N)Cc1cc(F)c(S(C)(=O)=O)c(F)c1F. The van der Waals surface area contributed by atoms with E-state index in [4.69, 9.17) is 5.73 Å². The smallest absolute Gasteiger partial charge is 0.181 e. The third kappa shape index (κ3) is 2.98. The van der Waals surface area contributed by atoms with Crippen LogP contribution in [0.15, 0.2) is 11.0 Å². The van der Waals surface area contributed by atoms with E-state index in [1.54, 1.807) is 6.92 Å². The molecule has 1 aromatic carbocycles. The van der Waals surface area contributed by atoms with E-state index in [1.165, 1.54) is 0 Å². The Hall–Kier alpha value is -1.08. The van der Waals surface area contributed by atoms with Crippen LogP contribution in [0.4, 0.5) is 13.2 Å². The molecule has 0 amide bonds. The molecule has 96 valence electrons. The van der Waals surface area contributed by atoms with Gasteiger partial charge in [0.1, 0.15) is 10.7 Å². The molecule has 3 nitrogen and oxygen atoms in total. The van der Waals surface area contributed by atoms with Gasteiger partial charge in [0.2, 0.25) is 0 Å². The fourth-order valence-corrected chi connectivity index (χ4v) is 2.29.